The Kier molecular flexibility index (Phi) is 5.52. The van der Waals surface area contributed by atoms with Crippen molar-refractivity contribution in [2.45, 2.75) is 31.7 Å². The number of aromatic nitrogens is 4. The molecule has 0 saturated carbocycles. The van der Waals surface area contributed by atoms with Gasteiger partial charge < -0.3 is 25.4 Å². The molecule has 2 aliphatic heterocycles. The van der Waals surface area contributed by atoms with Crippen LogP contribution in [-0.4, -0.2) is 59.5 Å². The number of rotatable bonds is 4. The van der Waals surface area contributed by atoms with Crippen LogP contribution < -0.4 is 25.4 Å². The van der Waals surface area contributed by atoms with Crippen molar-refractivity contribution in [1.82, 2.24) is 25.1 Å². The SMILES string of the molecule is CN1CCOc2c1c(C(C)(N)C1CCNCC1)nn1c(-c3cccc(OC(F)(F)F)c3)nnc21. The standard InChI is InChI=1S/C22H26F3N7O2/c1-21(26,14-6-8-27-9-7-14)18-16-17(33-11-10-31(16)2)20-29-28-19(32(20)30-18)13-4-3-5-15(12-13)34-22(23,24)25/h3-5,12,14,27H,6-11,26H2,1-2H3. The summed E-state index contributed by atoms with van der Waals surface area (Å²) in [5.74, 6) is 0.617. The van der Waals surface area contributed by atoms with Crippen molar-refractivity contribution in [2.24, 2.45) is 11.7 Å². The van der Waals surface area contributed by atoms with Gasteiger partial charge in [-0.25, -0.2) is 0 Å². The van der Waals surface area contributed by atoms with E-state index in [4.69, 9.17) is 15.6 Å². The molecule has 182 valence electrons. The molecule has 34 heavy (non-hydrogen) atoms. The van der Waals surface area contributed by atoms with Gasteiger partial charge in [-0.1, -0.05) is 12.1 Å². The van der Waals surface area contributed by atoms with E-state index in [1.165, 1.54) is 22.7 Å². The van der Waals surface area contributed by atoms with Gasteiger partial charge in [0.1, 0.15) is 23.7 Å². The van der Waals surface area contributed by atoms with E-state index in [2.05, 4.69) is 25.2 Å². The van der Waals surface area contributed by atoms with Crippen molar-refractivity contribution >= 4 is 11.3 Å². The van der Waals surface area contributed by atoms with Crippen LogP contribution in [0.5, 0.6) is 11.5 Å². The number of nitrogens with two attached hydrogens (primary N) is 1. The molecule has 1 unspecified atom stereocenters. The lowest BCUT2D eigenvalue weighted by molar-refractivity contribution is -0.274. The van der Waals surface area contributed by atoms with Crippen molar-refractivity contribution in [3.8, 4) is 22.9 Å². The maximum Gasteiger partial charge on any atom is 0.573 e. The molecule has 1 saturated heterocycles. The zero-order valence-electron chi connectivity index (χ0n) is 18.9. The van der Waals surface area contributed by atoms with Crippen LogP contribution in [0.4, 0.5) is 18.9 Å². The largest absolute Gasteiger partial charge is 0.573 e. The van der Waals surface area contributed by atoms with Crippen molar-refractivity contribution in [2.75, 3.05) is 38.2 Å². The summed E-state index contributed by atoms with van der Waals surface area (Å²) in [5, 5.41) is 16.8. The van der Waals surface area contributed by atoms with Crippen molar-refractivity contribution < 1.29 is 22.6 Å². The molecule has 2 aliphatic rings. The average Bonchev–Trinajstić information content (AvgIpc) is 3.23. The molecule has 5 rings (SSSR count). The Bertz CT molecular complexity index is 1210. The monoisotopic (exact) mass is 477 g/mol. The maximum absolute atomic E-state index is 12.7. The number of alkyl halides is 3. The van der Waals surface area contributed by atoms with Crippen LogP contribution in [0.3, 0.4) is 0 Å². The second kappa shape index (κ2) is 8.27. The van der Waals surface area contributed by atoms with Gasteiger partial charge in [0, 0.05) is 12.6 Å². The number of benzene rings is 1. The van der Waals surface area contributed by atoms with Gasteiger partial charge in [-0.05, 0) is 50.9 Å². The van der Waals surface area contributed by atoms with Crippen molar-refractivity contribution in [3.63, 3.8) is 0 Å². The fourth-order valence-corrected chi connectivity index (χ4v) is 4.75. The van der Waals surface area contributed by atoms with Crippen LogP contribution in [0.2, 0.25) is 0 Å². The number of hydrogen-bond acceptors (Lipinski definition) is 8. The minimum Gasteiger partial charge on any atom is -0.486 e. The quantitative estimate of drug-likeness (QED) is 0.592. The van der Waals surface area contributed by atoms with E-state index < -0.39 is 11.9 Å². The first kappa shape index (κ1) is 22.7. The second-order valence-electron chi connectivity index (χ2n) is 8.94. The van der Waals surface area contributed by atoms with Crippen LogP contribution in [0.15, 0.2) is 24.3 Å². The predicted molar refractivity (Wildman–Crippen MR) is 119 cm³/mol. The first-order valence-electron chi connectivity index (χ1n) is 11.1. The van der Waals surface area contributed by atoms with Gasteiger partial charge in [0.25, 0.3) is 0 Å². The van der Waals surface area contributed by atoms with E-state index in [9.17, 15) is 13.2 Å². The van der Waals surface area contributed by atoms with E-state index in [1.807, 2.05) is 14.0 Å². The summed E-state index contributed by atoms with van der Waals surface area (Å²) in [6.07, 6.45) is -3.00. The summed E-state index contributed by atoms with van der Waals surface area (Å²) in [7, 11) is 1.96. The molecular formula is C22H26F3N7O2. The molecule has 0 bridgehead atoms. The average molecular weight is 477 g/mol. The number of likely N-dealkylation sites (N-methyl/N-ethyl adjacent to an activating group) is 1. The third-order valence-corrected chi connectivity index (χ3v) is 6.56. The Labute approximate surface area is 194 Å². The van der Waals surface area contributed by atoms with Gasteiger partial charge in [0.15, 0.2) is 11.6 Å². The lowest BCUT2D eigenvalue weighted by Gasteiger charge is -2.40. The number of nitrogens with one attached hydrogen (secondary N) is 1. The minimum absolute atomic E-state index is 0.182. The number of nitrogens with zero attached hydrogens (tertiary/aromatic N) is 5. The highest BCUT2D eigenvalue weighted by Gasteiger charge is 2.40. The summed E-state index contributed by atoms with van der Waals surface area (Å²) in [6.45, 7) is 4.84. The Morgan fingerprint density at radius 3 is 2.71 bits per heavy atom. The van der Waals surface area contributed by atoms with E-state index in [0.29, 0.717) is 35.8 Å². The first-order valence-corrected chi connectivity index (χ1v) is 11.1. The molecule has 1 atom stereocenters. The molecule has 3 aromatic rings. The predicted octanol–water partition coefficient (Wildman–Crippen LogP) is 2.69. The fraction of sp³-hybridized carbons (Fsp3) is 0.500. The molecule has 0 radical (unpaired) electrons. The van der Waals surface area contributed by atoms with E-state index >= 15 is 0 Å². The summed E-state index contributed by atoms with van der Waals surface area (Å²) in [4.78, 5) is 2.06. The van der Waals surface area contributed by atoms with Gasteiger partial charge >= 0.3 is 6.36 Å². The fourth-order valence-electron chi connectivity index (χ4n) is 4.75. The summed E-state index contributed by atoms with van der Waals surface area (Å²) < 4.78 is 49.9. The molecule has 1 aromatic carbocycles. The van der Waals surface area contributed by atoms with Gasteiger partial charge in [0.2, 0.25) is 5.65 Å². The zero-order valence-corrected chi connectivity index (χ0v) is 18.9. The number of anilines is 1. The van der Waals surface area contributed by atoms with Gasteiger partial charge in [-0.15, -0.1) is 23.4 Å². The number of hydrogen-bond donors (Lipinski definition) is 2. The topological polar surface area (TPSA) is 103 Å². The Morgan fingerprint density at radius 1 is 1.21 bits per heavy atom. The third-order valence-electron chi connectivity index (χ3n) is 6.56. The molecule has 9 nitrogen and oxygen atoms in total. The Hall–Kier alpha value is -3.12. The first-order chi connectivity index (χ1) is 16.1. The van der Waals surface area contributed by atoms with Gasteiger partial charge in [0.05, 0.1) is 12.1 Å². The second-order valence-corrected chi connectivity index (χ2v) is 8.94. The third kappa shape index (κ3) is 4.00. The van der Waals surface area contributed by atoms with Gasteiger partial charge in [-0.2, -0.15) is 9.61 Å². The maximum atomic E-state index is 12.7. The lowest BCUT2D eigenvalue weighted by Crippen LogP contribution is -2.48. The number of fused-ring (bicyclic) bond motifs is 3. The summed E-state index contributed by atoms with van der Waals surface area (Å²) >= 11 is 0. The van der Waals surface area contributed by atoms with Crippen LogP contribution in [0.1, 0.15) is 25.5 Å². The van der Waals surface area contributed by atoms with Crippen molar-refractivity contribution in [1.29, 1.82) is 0 Å². The molecule has 0 spiro atoms. The summed E-state index contributed by atoms with van der Waals surface area (Å²) in [6, 6.07) is 5.57. The molecule has 0 amide bonds. The number of ether oxygens (including phenoxy) is 2. The Morgan fingerprint density at radius 2 is 1.97 bits per heavy atom. The van der Waals surface area contributed by atoms with E-state index in [1.54, 1.807) is 6.07 Å². The van der Waals surface area contributed by atoms with Crippen LogP contribution in [-0.2, 0) is 5.54 Å². The highest BCUT2D eigenvalue weighted by atomic mass is 19.4. The Balaban J connectivity index is 1.68. The molecular weight excluding hydrogens is 451 g/mol. The molecule has 3 N–H and O–H groups in total. The minimum atomic E-state index is -4.80. The highest BCUT2D eigenvalue weighted by Crippen LogP contribution is 2.44. The molecule has 2 aromatic heterocycles. The normalized spacial score (nSPS) is 18.9. The summed E-state index contributed by atoms with van der Waals surface area (Å²) in [5.41, 5.74) is 8.36. The van der Waals surface area contributed by atoms with Crippen LogP contribution >= 0.6 is 0 Å². The number of halogens is 3. The lowest BCUT2D eigenvalue weighted by atomic mass is 9.77. The van der Waals surface area contributed by atoms with E-state index in [0.717, 1.165) is 31.6 Å². The van der Waals surface area contributed by atoms with Crippen LogP contribution in [0.25, 0.3) is 17.0 Å². The number of piperidine rings is 1. The smallest absolute Gasteiger partial charge is 0.486 e. The van der Waals surface area contributed by atoms with Gasteiger partial charge in [-0.3, -0.25) is 0 Å². The van der Waals surface area contributed by atoms with Crippen molar-refractivity contribution in [3.05, 3.63) is 30.0 Å². The molecule has 1 fully saturated rings. The van der Waals surface area contributed by atoms with E-state index in [-0.39, 0.29) is 17.5 Å². The van der Waals surface area contributed by atoms with Crippen LogP contribution in [0, 0.1) is 5.92 Å². The zero-order chi connectivity index (χ0) is 24.1. The molecule has 12 heteroatoms. The highest BCUT2D eigenvalue weighted by molar-refractivity contribution is 5.76. The molecule has 4 heterocycles. The molecule has 0 aliphatic carbocycles.